The number of benzene rings is 1. The smallest absolute Gasteiger partial charge is 0.258 e. The van der Waals surface area contributed by atoms with E-state index in [-0.39, 0.29) is 10.8 Å². The van der Waals surface area contributed by atoms with Crippen LogP contribution in [0.4, 0.5) is 5.95 Å². The topological polar surface area (TPSA) is 125 Å². The van der Waals surface area contributed by atoms with E-state index in [2.05, 4.69) is 25.9 Å². The van der Waals surface area contributed by atoms with Gasteiger partial charge >= 0.3 is 0 Å². The van der Waals surface area contributed by atoms with Crippen molar-refractivity contribution in [1.29, 1.82) is 0 Å². The zero-order valence-corrected chi connectivity index (χ0v) is 14.5. The fourth-order valence-corrected chi connectivity index (χ4v) is 3.32. The number of aromatic nitrogens is 6. The van der Waals surface area contributed by atoms with Crippen LogP contribution in [0.1, 0.15) is 15.9 Å². The maximum absolute atomic E-state index is 12.6. The monoisotopic (exact) mass is 361 g/mol. The summed E-state index contributed by atoms with van der Waals surface area (Å²) in [7, 11) is -1.92. The van der Waals surface area contributed by atoms with Crippen LogP contribution in [0, 0.1) is 6.92 Å². The third kappa shape index (κ3) is 3.13. The molecule has 0 aliphatic carbocycles. The van der Waals surface area contributed by atoms with Gasteiger partial charge in [-0.05, 0) is 41.1 Å². The van der Waals surface area contributed by atoms with Crippen molar-refractivity contribution in [3.63, 3.8) is 0 Å². The van der Waals surface area contributed by atoms with E-state index in [1.165, 1.54) is 27.7 Å². The third-order valence-corrected chi connectivity index (χ3v) is 4.75. The standard InChI is InChI=1S/C14H15N7O3S/c1-9-10(13(22)16-14-17-18-19-20(14)2)5-6-11(25(3,23)24)12(9)21-8-4-7-15-21/h4-8H,1-3H3,(H,16,17,19,22). The van der Waals surface area contributed by atoms with E-state index in [0.717, 1.165) is 6.26 Å². The molecule has 25 heavy (non-hydrogen) atoms. The molecule has 10 nitrogen and oxygen atoms in total. The first-order chi connectivity index (χ1) is 11.8. The molecule has 1 N–H and O–H groups in total. The molecule has 0 atom stereocenters. The summed E-state index contributed by atoms with van der Waals surface area (Å²) in [6.45, 7) is 1.66. The Balaban J connectivity index is 2.12. The highest BCUT2D eigenvalue weighted by atomic mass is 32.2. The maximum atomic E-state index is 12.6. The average Bonchev–Trinajstić information content (AvgIpc) is 3.18. The van der Waals surface area contributed by atoms with Crippen molar-refractivity contribution in [2.45, 2.75) is 11.8 Å². The molecule has 0 saturated heterocycles. The number of anilines is 1. The predicted molar refractivity (Wildman–Crippen MR) is 88.2 cm³/mol. The van der Waals surface area contributed by atoms with Gasteiger partial charge in [0.1, 0.15) is 0 Å². The Morgan fingerprint density at radius 2 is 2.04 bits per heavy atom. The van der Waals surface area contributed by atoms with Crippen LogP contribution in [0.2, 0.25) is 0 Å². The first-order valence-corrected chi connectivity index (χ1v) is 9.05. The van der Waals surface area contributed by atoms with Crippen LogP contribution < -0.4 is 5.32 Å². The van der Waals surface area contributed by atoms with Gasteiger partial charge in [0.2, 0.25) is 5.95 Å². The molecule has 1 amide bonds. The molecule has 3 aromatic rings. The number of carbonyl (C=O) groups excluding carboxylic acids is 1. The van der Waals surface area contributed by atoms with Crippen LogP contribution in [0.15, 0.2) is 35.5 Å². The highest BCUT2D eigenvalue weighted by Crippen LogP contribution is 2.26. The zero-order chi connectivity index (χ0) is 18.2. The summed E-state index contributed by atoms with van der Waals surface area (Å²) in [6.07, 6.45) is 4.26. The van der Waals surface area contributed by atoms with Crippen molar-refractivity contribution in [2.75, 3.05) is 11.6 Å². The van der Waals surface area contributed by atoms with Gasteiger partial charge in [-0.3, -0.25) is 10.1 Å². The Morgan fingerprint density at radius 1 is 1.28 bits per heavy atom. The molecule has 0 radical (unpaired) electrons. The number of hydrogen-bond donors (Lipinski definition) is 1. The molecular formula is C14H15N7O3S. The summed E-state index contributed by atoms with van der Waals surface area (Å²) < 4.78 is 27.0. The lowest BCUT2D eigenvalue weighted by Gasteiger charge is -2.15. The molecule has 0 aliphatic rings. The number of sulfone groups is 1. The molecule has 1 aromatic carbocycles. The number of nitrogens with one attached hydrogen (secondary N) is 1. The Bertz CT molecular complexity index is 1040. The van der Waals surface area contributed by atoms with Gasteiger partial charge in [0.05, 0.1) is 10.6 Å². The second kappa shape index (κ2) is 6.09. The number of aryl methyl sites for hydroxylation is 1. The maximum Gasteiger partial charge on any atom is 0.258 e. The summed E-state index contributed by atoms with van der Waals surface area (Å²) in [5.74, 6) is -0.277. The number of rotatable bonds is 4. The Hall–Kier alpha value is -3.08. The first kappa shape index (κ1) is 16.8. The van der Waals surface area contributed by atoms with E-state index in [1.807, 2.05) is 0 Å². The van der Waals surface area contributed by atoms with Crippen LogP contribution in [-0.2, 0) is 16.9 Å². The van der Waals surface area contributed by atoms with Crippen LogP contribution in [-0.4, -0.2) is 50.6 Å². The van der Waals surface area contributed by atoms with Gasteiger partial charge < -0.3 is 0 Å². The molecule has 2 heterocycles. The van der Waals surface area contributed by atoms with Gasteiger partial charge in [0, 0.05) is 31.3 Å². The van der Waals surface area contributed by atoms with Gasteiger partial charge in [-0.15, -0.1) is 0 Å². The fourth-order valence-electron chi connectivity index (χ4n) is 2.41. The number of carbonyl (C=O) groups is 1. The third-order valence-electron chi connectivity index (χ3n) is 3.62. The Kier molecular flexibility index (Phi) is 4.08. The second-order valence-electron chi connectivity index (χ2n) is 5.39. The minimum Gasteiger partial charge on any atom is -0.289 e. The molecule has 0 unspecified atom stereocenters. The number of nitrogens with zero attached hydrogens (tertiary/aromatic N) is 6. The van der Waals surface area contributed by atoms with Gasteiger partial charge in [-0.2, -0.15) is 5.10 Å². The molecule has 2 aromatic heterocycles. The summed E-state index contributed by atoms with van der Waals surface area (Å²) in [5, 5.41) is 17.5. The van der Waals surface area contributed by atoms with E-state index < -0.39 is 15.7 Å². The molecule has 0 saturated carbocycles. The van der Waals surface area contributed by atoms with E-state index in [9.17, 15) is 13.2 Å². The van der Waals surface area contributed by atoms with Crippen molar-refractivity contribution in [1.82, 2.24) is 30.0 Å². The summed E-state index contributed by atoms with van der Waals surface area (Å²) in [6, 6.07) is 4.52. The molecule has 130 valence electrons. The van der Waals surface area contributed by atoms with Crippen molar-refractivity contribution in [3.8, 4) is 5.69 Å². The molecule has 0 fully saturated rings. The lowest BCUT2D eigenvalue weighted by Crippen LogP contribution is -2.18. The number of amides is 1. The summed E-state index contributed by atoms with van der Waals surface area (Å²) >= 11 is 0. The minimum absolute atomic E-state index is 0.0885. The molecule has 0 spiro atoms. The van der Waals surface area contributed by atoms with Gasteiger partial charge in [0.25, 0.3) is 5.91 Å². The normalized spacial score (nSPS) is 11.5. The molecular weight excluding hydrogens is 346 g/mol. The van der Waals surface area contributed by atoms with Crippen molar-refractivity contribution in [2.24, 2.45) is 7.05 Å². The molecule has 0 bridgehead atoms. The van der Waals surface area contributed by atoms with E-state index >= 15 is 0 Å². The number of tetrazole rings is 1. The van der Waals surface area contributed by atoms with E-state index in [1.54, 1.807) is 26.2 Å². The minimum atomic E-state index is -3.51. The summed E-state index contributed by atoms with van der Waals surface area (Å²) in [5.41, 5.74) is 1.09. The van der Waals surface area contributed by atoms with E-state index in [4.69, 9.17) is 0 Å². The van der Waals surface area contributed by atoms with Gasteiger partial charge in [-0.25, -0.2) is 17.8 Å². The highest BCUT2D eigenvalue weighted by molar-refractivity contribution is 7.90. The average molecular weight is 361 g/mol. The lowest BCUT2D eigenvalue weighted by molar-refractivity contribution is 0.102. The number of hydrogen-bond acceptors (Lipinski definition) is 7. The Labute approximate surface area is 143 Å². The predicted octanol–water partition coefficient (Wildman–Crippen LogP) is 0.360. The van der Waals surface area contributed by atoms with Crippen molar-refractivity contribution >= 4 is 21.7 Å². The van der Waals surface area contributed by atoms with Crippen LogP contribution >= 0.6 is 0 Å². The molecule has 11 heteroatoms. The Morgan fingerprint density at radius 3 is 2.60 bits per heavy atom. The zero-order valence-electron chi connectivity index (χ0n) is 13.7. The second-order valence-corrected chi connectivity index (χ2v) is 7.37. The van der Waals surface area contributed by atoms with Gasteiger partial charge in [-0.1, -0.05) is 5.10 Å². The van der Waals surface area contributed by atoms with Crippen LogP contribution in [0.25, 0.3) is 5.69 Å². The fraction of sp³-hybridized carbons (Fsp3) is 0.214. The largest absolute Gasteiger partial charge is 0.289 e. The quantitative estimate of drug-likeness (QED) is 0.711. The SMILES string of the molecule is Cc1c(C(=O)Nc2nnnn2C)ccc(S(C)(=O)=O)c1-n1cccn1. The van der Waals surface area contributed by atoms with Gasteiger partial charge in [0.15, 0.2) is 9.84 Å². The first-order valence-electron chi connectivity index (χ1n) is 7.16. The van der Waals surface area contributed by atoms with Crippen molar-refractivity contribution < 1.29 is 13.2 Å². The molecule has 0 aliphatic heterocycles. The van der Waals surface area contributed by atoms with Crippen LogP contribution in [0.3, 0.4) is 0 Å². The highest BCUT2D eigenvalue weighted by Gasteiger charge is 2.22. The lowest BCUT2D eigenvalue weighted by atomic mass is 10.1. The van der Waals surface area contributed by atoms with Crippen LogP contribution in [0.5, 0.6) is 0 Å². The van der Waals surface area contributed by atoms with E-state index in [0.29, 0.717) is 16.8 Å². The van der Waals surface area contributed by atoms with Crippen molar-refractivity contribution in [3.05, 3.63) is 41.7 Å². The summed E-state index contributed by atoms with van der Waals surface area (Å²) in [4.78, 5) is 12.7. The molecule has 3 rings (SSSR count).